The van der Waals surface area contributed by atoms with Crippen LogP contribution in [0.1, 0.15) is 45.1 Å². The first kappa shape index (κ1) is 17.2. The largest absolute Gasteiger partial charge is 0.361 e. The number of thiocarbonyl (C=S) groups is 1. The zero-order valence-electron chi connectivity index (χ0n) is 13.9. The Balaban J connectivity index is 1.74. The van der Waals surface area contributed by atoms with E-state index in [0.29, 0.717) is 6.04 Å². The van der Waals surface area contributed by atoms with Gasteiger partial charge >= 0.3 is 0 Å². The first-order chi connectivity index (χ1) is 10.7. The van der Waals surface area contributed by atoms with E-state index in [9.17, 15) is 0 Å². The molecule has 1 aromatic rings. The van der Waals surface area contributed by atoms with Crippen molar-refractivity contribution in [3.05, 3.63) is 29.8 Å². The van der Waals surface area contributed by atoms with Crippen LogP contribution in [0.5, 0.6) is 0 Å². The molecule has 1 saturated heterocycles. The molecule has 1 heterocycles. The second-order valence-corrected chi connectivity index (χ2v) is 6.47. The molecule has 1 atom stereocenters. The standard InChI is InChI=1S/C18H29N3S/c1-3-5-7-15-9-11-16(12-10-15)20-18(22)19-14-17-8-6-13-21(17)4-2/h9-12,17H,3-8,13-14H2,1-2H3,(H2,19,20,22)/t17-/m0/s1. The average molecular weight is 320 g/mol. The lowest BCUT2D eigenvalue weighted by Gasteiger charge is -2.23. The van der Waals surface area contributed by atoms with E-state index in [1.807, 2.05) is 0 Å². The van der Waals surface area contributed by atoms with Crippen LogP contribution < -0.4 is 10.6 Å². The van der Waals surface area contributed by atoms with E-state index in [0.717, 1.165) is 30.3 Å². The topological polar surface area (TPSA) is 27.3 Å². The smallest absolute Gasteiger partial charge is 0.170 e. The molecule has 0 radical (unpaired) electrons. The van der Waals surface area contributed by atoms with Gasteiger partial charge in [-0.1, -0.05) is 32.4 Å². The van der Waals surface area contributed by atoms with Crippen LogP contribution in [0, 0.1) is 0 Å². The normalized spacial score (nSPS) is 18.4. The van der Waals surface area contributed by atoms with Crippen LogP contribution in [0.2, 0.25) is 0 Å². The molecule has 0 amide bonds. The molecule has 1 aliphatic heterocycles. The molecule has 0 aromatic heterocycles. The van der Waals surface area contributed by atoms with Gasteiger partial charge in [-0.25, -0.2) is 0 Å². The van der Waals surface area contributed by atoms with Gasteiger partial charge in [-0.2, -0.15) is 0 Å². The summed E-state index contributed by atoms with van der Waals surface area (Å²) < 4.78 is 0. The third kappa shape index (κ3) is 5.25. The number of unbranched alkanes of at least 4 members (excludes halogenated alkanes) is 1. The van der Waals surface area contributed by atoms with Crippen LogP contribution in [-0.2, 0) is 6.42 Å². The Labute approximate surface area is 140 Å². The molecular formula is C18H29N3S. The Kier molecular flexibility index (Phi) is 7.13. The minimum atomic E-state index is 0.626. The molecule has 2 rings (SSSR count). The highest BCUT2D eigenvalue weighted by molar-refractivity contribution is 7.80. The van der Waals surface area contributed by atoms with Gasteiger partial charge in [0.25, 0.3) is 0 Å². The minimum Gasteiger partial charge on any atom is -0.361 e. The zero-order valence-corrected chi connectivity index (χ0v) is 14.7. The Hall–Kier alpha value is -1.13. The van der Waals surface area contributed by atoms with E-state index in [1.54, 1.807) is 0 Å². The SMILES string of the molecule is CCCCc1ccc(NC(=S)NC[C@@H]2CCCN2CC)cc1. The van der Waals surface area contributed by atoms with Gasteiger partial charge in [0.1, 0.15) is 0 Å². The van der Waals surface area contributed by atoms with Gasteiger partial charge in [-0.3, -0.25) is 4.90 Å². The number of hydrogen-bond acceptors (Lipinski definition) is 2. The first-order valence-electron chi connectivity index (χ1n) is 8.60. The number of likely N-dealkylation sites (N-methyl/N-ethyl adjacent to an activating group) is 1. The summed E-state index contributed by atoms with van der Waals surface area (Å²) >= 11 is 5.41. The molecule has 0 aliphatic carbocycles. The number of anilines is 1. The summed E-state index contributed by atoms with van der Waals surface area (Å²) in [5.41, 5.74) is 2.47. The summed E-state index contributed by atoms with van der Waals surface area (Å²) in [5.74, 6) is 0. The summed E-state index contributed by atoms with van der Waals surface area (Å²) in [4.78, 5) is 2.53. The molecule has 22 heavy (non-hydrogen) atoms. The quantitative estimate of drug-likeness (QED) is 0.748. The molecule has 0 unspecified atom stereocenters. The molecular weight excluding hydrogens is 290 g/mol. The number of nitrogens with zero attached hydrogens (tertiary/aromatic N) is 1. The van der Waals surface area contributed by atoms with E-state index in [4.69, 9.17) is 12.2 Å². The molecule has 122 valence electrons. The maximum atomic E-state index is 5.41. The van der Waals surface area contributed by atoms with Gasteiger partial charge in [-0.05, 0) is 68.7 Å². The van der Waals surface area contributed by atoms with Crippen molar-refractivity contribution in [3.8, 4) is 0 Å². The van der Waals surface area contributed by atoms with Crippen molar-refractivity contribution in [1.29, 1.82) is 0 Å². The van der Waals surface area contributed by atoms with Gasteiger partial charge in [0.15, 0.2) is 5.11 Å². The summed E-state index contributed by atoms with van der Waals surface area (Å²) in [6.45, 7) is 7.75. The lowest BCUT2D eigenvalue weighted by Crippen LogP contribution is -2.41. The average Bonchev–Trinajstić information content (AvgIpc) is 3.00. The lowest BCUT2D eigenvalue weighted by atomic mass is 10.1. The fourth-order valence-electron chi connectivity index (χ4n) is 3.06. The Bertz CT molecular complexity index is 458. The van der Waals surface area contributed by atoms with Gasteiger partial charge in [0.2, 0.25) is 0 Å². The fraction of sp³-hybridized carbons (Fsp3) is 0.611. The number of rotatable bonds is 7. The molecule has 2 N–H and O–H groups in total. The Morgan fingerprint density at radius 3 is 2.73 bits per heavy atom. The van der Waals surface area contributed by atoms with Gasteiger partial charge in [0, 0.05) is 18.3 Å². The molecule has 1 fully saturated rings. The lowest BCUT2D eigenvalue weighted by molar-refractivity contribution is 0.267. The second kappa shape index (κ2) is 9.11. The summed E-state index contributed by atoms with van der Waals surface area (Å²) in [5, 5.41) is 7.37. The molecule has 3 nitrogen and oxygen atoms in total. The summed E-state index contributed by atoms with van der Waals surface area (Å²) in [6.07, 6.45) is 6.23. The monoisotopic (exact) mass is 319 g/mol. The number of aryl methyl sites for hydroxylation is 1. The number of benzene rings is 1. The maximum absolute atomic E-state index is 5.41. The number of likely N-dealkylation sites (tertiary alicyclic amines) is 1. The van der Waals surface area contributed by atoms with Crippen LogP contribution in [0.15, 0.2) is 24.3 Å². The maximum Gasteiger partial charge on any atom is 0.170 e. The summed E-state index contributed by atoms with van der Waals surface area (Å²) in [6, 6.07) is 9.24. The Morgan fingerprint density at radius 2 is 2.05 bits per heavy atom. The highest BCUT2D eigenvalue weighted by atomic mass is 32.1. The van der Waals surface area contributed by atoms with Crippen molar-refractivity contribution < 1.29 is 0 Å². The van der Waals surface area contributed by atoms with Crippen LogP contribution in [0.4, 0.5) is 5.69 Å². The molecule has 0 saturated carbocycles. The van der Waals surface area contributed by atoms with Crippen molar-refractivity contribution in [2.75, 3.05) is 25.0 Å². The van der Waals surface area contributed by atoms with E-state index < -0.39 is 0 Å². The van der Waals surface area contributed by atoms with Crippen molar-refractivity contribution in [3.63, 3.8) is 0 Å². The predicted octanol–water partition coefficient (Wildman–Crippen LogP) is 3.80. The molecule has 0 bridgehead atoms. The molecule has 1 aromatic carbocycles. The van der Waals surface area contributed by atoms with E-state index in [2.05, 4.69) is 53.6 Å². The third-order valence-electron chi connectivity index (χ3n) is 4.43. The predicted molar refractivity (Wildman–Crippen MR) is 99.5 cm³/mol. The van der Waals surface area contributed by atoms with Crippen molar-refractivity contribution in [2.45, 2.75) is 52.0 Å². The van der Waals surface area contributed by atoms with E-state index in [-0.39, 0.29) is 0 Å². The number of hydrogen-bond donors (Lipinski definition) is 2. The Morgan fingerprint density at radius 1 is 1.27 bits per heavy atom. The van der Waals surface area contributed by atoms with Crippen LogP contribution in [0.3, 0.4) is 0 Å². The van der Waals surface area contributed by atoms with Gasteiger partial charge in [-0.15, -0.1) is 0 Å². The van der Waals surface area contributed by atoms with Crippen molar-refractivity contribution >= 4 is 23.0 Å². The van der Waals surface area contributed by atoms with Crippen molar-refractivity contribution in [1.82, 2.24) is 10.2 Å². The first-order valence-corrected chi connectivity index (χ1v) is 9.01. The van der Waals surface area contributed by atoms with E-state index >= 15 is 0 Å². The fourth-order valence-corrected chi connectivity index (χ4v) is 3.27. The highest BCUT2D eigenvalue weighted by Crippen LogP contribution is 2.16. The minimum absolute atomic E-state index is 0.626. The van der Waals surface area contributed by atoms with Crippen LogP contribution >= 0.6 is 12.2 Å². The highest BCUT2D eigenvalue weighted by Gasteiger charge is 2.22. The second-order valence-electron chi connectivity index (χ2n) is 6.06. The number of nitrogens with one attached hydrogen (secondary N) is 2. The van der Waals surface area contributed by atoms with Crippen LogP contribution in [-0.4, -0.2) is 35.7 Å². The van der Waals surface area contributed by atoms with Crippen LogP contribution in [0.25, 0.3) is 0 Å². The third-order valence-corrected chi connectivity index (χ3v) is 4.68. The van der Waals surface area contributed by atoms with Crippen molar-refractivity contribution in [2.24, 2.45) is 0 Å². The van der Waals surface area contributed by atoms with E-state index in [1.165, 1.54) is 37.8 Å². The molecule has 1 aliphatic rings. The van der Waals surface area contributed by atoms with Gasteiger partial charge in [0.05, 0.1) is 0 Å². The van der Waals surface area contributed by atoms with Gasteiger partial charge < -0.3 is 10.6 Å². The molecule has 0 spiro atoms. The summed E-state index contributed by atoms with van der Waals surface area (Å²) in [7, 11) is 0. The zero-order chi connectivity index (χ0) is 15.8. The molecule has 4 heteroatoms.